The number of anilines is 1. The number of amides is 2. The number of carbonyl (C=O) groups excluding carboxylic acids is 2. The quantitative estimate of drug-likeness (QED) is 0.734. The second-order valence-corrected chi connectivity index (χ2v) is 7.64. The third-order valence-corrected chi connectivity index (χ3v) is 4.96. The van der Waals surface area contributed by atoms with Crippen LogP contribution in [0.1, 0.15) is 26.7 Å². The van der Waals surface area contributed by atoms with Crippen LogP contribution in [0.5, 0.6) is 11.5 Å². The van der Waals surface area contributed by atoms with E-state index in [2.05, 4.69) is 5.32 Å². The highest BCUT2D eigenvalue weighted by atomic mass is 16.6. The Balaban J connectivity index is 1.60. The molecule has 0 aromatic heterocycles. The number of carboxylic acids is 1. The van der Waals surface area contributed by atoms with E-state index >= 15 is 0 Å². The first-order chi connectivity index (χ1) is 13.3. The lowest BCUT2D eigenvalue weighted by Gasteiger charge is -2.22. The second-order valence-electron chi connectivity index (χ2n) is 7.64. The molecule has 8 nitrogen and oxygen atoms in total. The van der Waals surface area contributed by atoms with Gasteiger partial charge in [-0.3, -0.25) is 14.4 Å². The highest BCUT2D eigenvalue weighted by Crippen LogP contribution is 2.36. The van der Waals surface area contributed by atoms with Crippen LogP contribution in [0.4, 0.5) is 5.69 Å². The maximum atomic E-state index is 12.5. The number of ether oxygens (including phenoxy) is 2. The van der Waals surface area contributed by atoms with Crippen molar-refractivity contribution >= 4 is 23.5 Å². The summed E-state index contributed by atoms with van der Waals surface area (Å²) in [5.74, 6) is -1.05. The molecule has 0 bridgehead atoms. The fraction of sp³-hybridized carbons (Fsp3) is 0.550. The number of nitrogens with zero attached hydrogens (tertiary/aromatic N) is 1. The van der Waals surface area contributed by atoms with Crippen molar-refractivity contribution in [3.63, 3.8) is 0 Å². The maximum absolute atomic E-state index is 12.5. The first kappa shape index (κ1) is 20.0. The van der Waals surface area contributed by atoms with E-state index in [-0.39, 0.29) is 37.2 Å². The van der Waals surface area contributed by atoms with Crippen molar-refractivity contribution in [1.82, 2.24) is 5.32 Å². The third kappa shape index (κ3) is 4.55. The molecule has 1 aromatic rings. The van der Waals surface area contributed by atoms with Crippen LogP contribution in [0.2, 0.25) is 0 Å². The number of fused-ring (bicyclic) bond motifs is 1. The minimum Gasteiger partial charge on any atom is -0.486 e. The molecule has 2 unspecified atom stereocenters. The van der Waals surface area contributed by atoms with Crippen molar-refractivity contribution in [2.75, 3.05) is 31.2 Å². The van der Waals surface area contributed by atoms with Gasteiger partial charge in [0.2, 0.25) is 11.8 Å². The van der Waals surface area contributed by atoms with E-state index in [1.54, 1.807) is 23.1 Å². The molecule has 1 saturated heterocycles. The average Bonchev–Trinajstić information content (AvgIpc) is 3.05. The van der Waals surface area contributed by atoms with E-state index in [4.69, 9.17) is 9.47 Å². The molecule has 3 rings (SSSR count). The number of benzene rings is 1. The Morgan fingerprint density at radius 3 is 2.64 bits per heavy atom. The minimum absolute atomic E-state index is 0.0705. The molecule has 2 N–H and O–H groups in total. The molecular weight excluding hydrogens is 364 g/mol. The van der Waals surface area contributed by atoms with E-state index < -0.39 is 17.8 Å². The van der Waals surface area contributed by atoms with Crippen molar-refractivity contribution < 1.29 is 29.0 Å². The Kier molecular flexibility index (Phi) is 6.06. The van der Waals surface area contributed by atoms with Gasteiger partial charge in [0.25, 0.3) is 0 Å². The number of nitrogens with one attached hydrogen (secondary N) is 1. The van der Waals surface area contributed by atoms with Crippen LogP contribution >= 0.6 is 0 Å². The monoisotopic (exact) mass is 390 g/mol. The van der Waals surface area contributed by atoms with E-state index in [1.807, 2.05) is 13.8 Å². The first-order valence-electron chi connectivity index (χ1n) is 9.55. The number of rotatable bonds is 7. The predicted octanol–water partition coefficient (Wildman–Crippen LogP) is 1.67. The maximum Gasteiger partial charge on any atom is 0.308 e. The van der Waals surface area contributed by atoms with E-state index in [9.17, 15) is 19.5 Å². The molecule has 1 aromatic carbocycles. The standard InChI is InChI=1S/C20H26N2O6/c1-12(2)7-13(20(25)26)10-21-19(24)14-8-18(23)22(11-14)15-3-4-16-17(9-15)28-6-5-27-16/h3-4,9,12-14H,5-8,10-11H2,1-2H3,(H,21,24)(H,25,26). The van der Waals surface area contributed by atoms with Gasteiger partial charge in [-0.25, -0.2) is 0 Å². The zero-order valence-corrected chi connectivity index (χ0v) is 16.1. The molecule has 2 aliphatic rings. The van der Waals surface area contributed by atoms with Gasteiger partial charge in [0.05, 0.1) is 11.8 Å². The van der Waals surface area contributed by atoms with Crippen molar-refractivity contribution in [1.29, 1.82) is 0 Å². The Morgan fingerprint density at radius 2 is 1.96 bits per heavy atom. The zero-order valence-electron chi connectivity index (χ0n) is 16.1. The number of aliphatic carboxylic acids is 1. The van der Waals surface area contributed by atoms with Crippen LogP contribution in [0.25, 0.3) is 0 Å². The van der Waals surface area contributed by atoms with Gasteiger partial charge in [-0.05, 0) is 24.5 Å². The van der Waals surface area contributed by atoms with Crippen LogP contribution in [0.15, 0.2) is 18.2 Å². The molecule has 2 aliphatic heterocycles. The lowest BCUT2D eigenvalue weighted by molar-refractivity contribution is -0.142. The molecule has 2 amide bonds. The van der Waals surface area contributed by atoms with Gasteiger partial charge in [-0.1, -0.05) is 13.8 Å². The first-order valence-corrected chi connectivity index (χ1v) is 9.55. The van der Waals surface area contributed by atoms with Crippen molar-refractivity contribution in [3.8, 4) is 11.5 Å². The molecule has 1 fully saturated rings. The smallest absolute Gasteiger partial charge is 0.308 e. The fourth-order valence-electron chi connectivity index (χ4n) is 3.54. The van der Waals surface area contributed by atoms with Crippen LogP contribution in [-0.2, 0) is 14.4 Å². The topological polar surface area (TPSA) is 105 Å². The molecule has 0 aliphatic carbocycles. The summed E-state index contributed by atoms with van der Waals surface area (Å²) in [6, 6.07) is 5.28. The van der Waals surface area contributed by atoms with Gasteiger partial charge < -0.3 is 24.8 Å². The Bertz CT molecular complexity index is 763. The fourth-order valence-corrected chi connectivity index (χ4v) is 3.54. The number of carbonyl (C=O) groups is 3. The second kappa shape index (κ2) is 8.50. The highest BCUT2D eigenvalue weighted by Gasteiger charge is 2.36. The highest BCUT2D eigenvalue weighted by molar-refractivity contribution is 6.00. The van der Waals surface area contributed by atoms with E-state index in [0.29, 0.717) is 36.8 Å². The molecule has 0 radical (unpaired) electrons. The van der Waals surface area contributed by atoms with Gasteiger partial charge in [-0.15, -0.1) is 0 Å². The molecule has 0 saturated carbocycles. The molecule has 152 valence electrons. The van der Waals surface area contributed by atoms with Gasteiger partial charge >= 0.3 is 5.97 Å². The summed E-state index contributed by atoms with van der Waals surface area (Å²) in [5, 5.41) is 12.0. The lowest BCUT2D eigenvalue weighted by atomic mass is 9.97. The average molecular weight is 390 g/mol. The molecule has 2 atom stereocenters. The van der Waals surface area contributed by atoms with Crippen LogP contribution in [0.3, 0.4) is 0 Å². The summed E-state index contributed by atoms with van der Waals surface area (Å²) in [6.07, 6.45) is 0.588. The normalized spacial score (nSPS) is 19.6. The summed E-state index contributed by atoms with van der Waals surface area (Å²) >= 11 is 0. The zero-order chi connectivity index (χ0) is 20.3. The Morgan fingerprint density at radius 1 is 1.25 bits per heavy atom. The van der Waals surface area contributed by atoms with Gasteiger partial charge in [0.15, 0.2) is 11.5 Å². The summed E-state index contributed by atoms with van der Waals surface area (Å²) < 4.78 is 11.0. The van der Waals surface area contributed by atoms with Crippen LogP contribution < -0.4 is 19.7 Å². The summed E-state index contributed by atoms with van der Waals surface area (Å²) in [4.78, 5) is 37.8. The third-order valence-electron chi connectivity index (χ3n) is 4.96. The van der Waals surface area contributed by atoms with Gasteiger partial charge in [0.1, 0.15) is 13.2 Å². The van der Waals surface area contributed by atoms with Crippen LogP contribution in [-0.4, -0.2) is 49.2 Å². The molecule has 2 heterocycles. The summed E-state index contributed by atoms with van der Waals surface area (Å²) in [7, 11) is 0. The minimum atomic E-state index is -0.922. The SMILES string of the molecule is CC(C)CC(CNC(=O)C1CC(=O)N(c2ccc3c(c2)OCCO3)C1)C(=O)O. The number of hydrogen-bond acceptors (Lipinski definition) is 5. The van der Waals surface area contributed by atoms with E-state index in [0.717, 1.165) is 0 Å². The summed E-state index contributed by atoms with van der Waals surface area (Å²) in [6.45, 7) is 5.16. The molecule has 28 heavy (non-hydrogen) atoms. The van der Waals surface area contributed by atoms with Crippen LogP contribution in [0, 0.1) is 17.8 Å². The predicted molar refractivity (Wildman–Crippen MR) is 101 cm³/mol. The van der Waals surface area contributed by atoms with Crippen molar-refractivity contribution in [2.24, 2.45) is 17.8 Å². The van der Waals surface area contributed by atoms with Gasteiger partial charge in [-0.2, -0.15) is 0 Å². The van der Waals surface area contributed by atoms with Gasteiger partial charge in [0, 0.05) is 31.3 Å². The Hall–Kier alpha value is -2.77. The lowest BCUT2D eigenvalue weighted by Crippen LogP contribution is -2.38. The van der Waals surface area contributed by atoms with E-state index in [1.165, 1.54) is 0 Å². The Labute approximate surface area is 163 Å². The number of carboxylic acid groups (broad SMARTS) is 1. The molecular formula is C20H26N2O6. The number of hydrogen-bond donors (Lipinski definition) is 2. The van der Waals surface area contributed by atoms with Crippen molar-refractivity contribution in [2.45, 2.75) is 26.7 Å². The van der Waals surface area contributed by atoms with Crippen molar-refractivity contribution in [3.05, 3.63) is 18.2 Å². The summed E-state index contributed by atoms with van der Waals surface area (Å²) in [5.41, 5.74) is 0.660. The molecule has 0 spiro atoms. The largest absolute Gasteiger partial charge is 0.486 e. The molecule has 8 heteroatoms.